The molecule has 1 heterocycles. The Kier molecular flexibility index (Phi) is 4.00. The van der Waals surface area contributed by atoms with E-state index in [0.29, 0.717) is 13.2 Å². The van der Waals surface area contributed by atoms with E-state index in [2.05, 4.69) is 16.9 Å². The summed E-state index contributed by atoms with van der Waals surface area (Å²) >= 11 is 0. The Morgan fingerprint density at radius 3 is 3.00 bits per heavy atom. The number of hydrogen-bond acceptors (Lipinski definition) is 3. The van der Waals surface area contributed by atoms with Gasteiger partial charge in [0.15, 0.2) is 0 Å². The summed E-state index contributed by atoms with van der Waals surface area (Å²) in [5.74, 6) is 6.57. The molecule has 2 aromatic rings. The summed E-state index contributed by atoms with van der Waals surface area (Å²) in [5, 5.41) is 4.24. The standard InChI is InChI=1S/C14H15N3O/c1-17-9-7-13(16-17)11-18-14-6-2-4-12(10-14)5-3-8-15/h2,4,6-7,9-10H,8,11,15H2,1H3. The van der Waals surface area contributed by atoms with Crippen molar-refractivity contribution in [1.29, 1.82) is 0 Å². The van der Waals surface area contributed by atoms with Crippen LogP contribution in [0.15, 0.2) is 36.5 Å². The van der Waals surface area contributed by atoms with Crippen LogP contribution in [0.2, 0.25) is 0 Å². The maximum absolute atomic E-state index is 5.65. The van der Waals surface area contributed by atoms with Crippen molar-refractivity contribution < 1.29 is 4.74 Å². The predicted molar refractivity (Wildman–Crippen MR) is 69.9 cm³/mol. The largest absolute Gasteiger partial charge is 0.487 e. The predicted octanol–water partition coefficient (Wildman–Crippen LogP) is 1.31. The minimum atomic E-state index is 0.360. The summed E-state index contributed by atoms with van der Waals surface area (Å²) in [6, 6.07) is 9.56. The zero-order valence-electron chi connectivity index (χ0n) is 10.3. The summed E-state index contributed by atoms with van der Waals surface area (Å²) in [4.78, 5) is 0. The average molecular weight is 241 g/mol. The number of ether oxygens (including phenoxy) is 1. The highest BCUT2D eigenvalue weighted by Gasteiger charge is 1.99. The fourth-order valence-electron chi connectivity index (χ4n) is 1.51. The fourth-order valence-corrected chi connectivity index (χ4v) is 1.51. The van der Waals surface area contributed by atoms with Gasteiger partial charge >= 0.3 is 0 Å². The molecule has 0 bridgehead atoms. The second-order valence-electron chi connectivity index (χ2n) is 3.80. The van der Waals surface area contributed by atoms with Gasteiger partial charge in [-0.2, -0.15) is 5.10 Å². The van der Waals surface area contributed by atoms with Gasteiger partial charge in [0.25, 0.3) is 0 Å². The highest BCUT2D eigenvalue weighted by molar-refractivity contribution is 5.39. The van der Waals surface area contributed by atoms with E-state index in [1.54, 1.807) is 4.68 Å². The van der Waals surface area contributed by atoms with Crippen molar-refractivity contribution in [3.05, 3.63) is 47.8 Å². The van der Waals surface area contributed by atoms with E-state index in [1.165, 1.54) is 0 Å². The molecule has 2 N–H and O–H groups in total. The fraction of sp³-hybridized carbons (Fsp3) is 0.214. The molecule has 0 fully saturated rings. The third-order valence-electron chi connectivity index (χ3n) is 2.32. The first kappa shape index (κ1) is 12.2. The maximum Gasteiger partial charge on any atom is 0.132 e. The number of rotatable bonds is 3. The molecule has 0 aliphatic carbocycles. The summed E-state index contributed by atoms with van der Waals surface area (Å²) in [7, 11) is 1.88. The quantitative estimate of drug-likeness (QED) is 0.824. The molecule has 0 spiro atoms. The van der Waals surface area contributed by atoms with E-state index in [-0.39, 0.29) is 0 Å². The molecule has 92 valence electrons. The Morgan fingerprint density at radius 2 is 2.28 bits per heavy atom. The van der Waals surface area contributed by atoms with Crippen LogP contribution >= 0.6 is 0 Å². The Bertz CT molecular complexity index is 578. The second-order valence-corrected chi connectivity index (χ2v) is 3.80. The molecular weight excluding hydrogens is 226 g/mol. The smallest absolute Gasteiger partial charge is 0.132 e. The minimum absolute atomic E-state index is 0.360. The third-order valence-corrected chi connectivity index (χ3v) is 2.32. The second kappa shape index (κ2) is 5.89. The molecule has 0 aliphatic heterocycles. The van der Waals surface area contributed by atoms with Crippen molar-refractivity contribution >= 4 is 0 Å². The summed E-state index contributed by atoms with van der Waals surface area (Å²) in [5.41, 5.74) is 7.14. The SMILES string of the molecule is Cn1ccc(COc2cccc(C#CCN)c2)n1. The van der Waals surface area contributed by atoms with Crippen molar-refractivity contribution in [2.24, 2.45) is 12.8 Å². The molecule has 0 unspecified atom stereocenters. The highest BCUT2D eigenvalue weighted by Crippen LogP contribution is 2.14. The van der Waals surface area contributed by atoms with Gasteiger partial charge in [-0.3, -0.25) is 4.68 Å². The van der Waals surface area contributed by atoms with Crippen LogP contribution in [-0.2, 0) is 13.7 Å². The number of aromatic nitrogens is 2. The Hall–Kier alpha value is -2.25. The monoisotopic (exact) mass is 241 g/mol. The van der Waals surface area contributed by atoms with Gasteiger partial charge in [-0.15, -0.1) is 0 Å². The molecule has 0 aliphatic rings. The van der Waals surface area contributed by atoms with Gasteiger partial charge in [0.1, 0.15) is 12.4 Å². The van der Waals surface area contributed by atoms with E-state index < -0.39 is 0 Å². The lowest BCUT2D eigenvalue weighted by Gasteiger charge is -2.04. The van der Waals surface area contributed by atoms with Gasteiger partial charge in [0.2, 0.25) is 0 Å². The van der Waals surface area contributed by atoms with Gasteiger partial charge in [-0.25, -0.2) is 0 Å². The zero-order chi connectivity index (χ0) is 12.8. The van der Waals surface area contributed by atoms with Gasteiger partial charge in [0.05, 0.1) is 12.2 Å². The van der Waals surface area contributed by atoms with E-state index in [9.17, 15) is 0 Å². The van der Waals surface area contributed by atoms with Crippen LogP contribution in [-0.4, -0.2) is 16.3 Å². The normalized spacial score (nSPS) is 9.67. The summed E-state index contributed by atoms with van der Waals surface area (Å²) < 4.78 is 7.40. The lowest BCUT2D eigenvalue weighted by Crippen LogP contribution is -1.98. The highest BCUT2D eigenvalue weighted by atomic mass is 16.5. The van der Waals surface area contributed by atoms with Crippen LogP contribution in [0, 0.1) is 11.8 Å². The maximum atomic E-state index is 5.65. The van der Waals surface area contributed by atoms with Gasteiger partial charge in [-0.1, -0.05) is 17.9 Å². The van der Waals surface area contributed by atoms with Crippen LogP contribution in [0.4, 0.5) is 0 Å². The van der Waals surface area contributed by atoms with Crippen molar-refractivity contribution in [2.45, 2.75) is 6.61 Å². The van der Waals surface area contributed by atoms with Crippen molar-refractivity contribution in [3.63, 3.8) is 0 Å². The van der Waals surface area contributed by atoms with Crippen molar-refractivity contribution in [2.75, 3.05) is 6.54 Å². The molecular formula is C14H15N3O. The zero-order valence-corrected chi connectivity index (χ0v) is 10.3. The Labute approximate surface area is 106 Å². The van der Waals surface area contributed by atoms with E-state index in [1.807, 2.05) is 43.6 Å². The Balaban J connectivity index is 2.01. The van der Waals surface area contributed by atoms with Crippen molar-refractivity contribution in [3.8, 4) is 17.6 Å². The lowest BCUT2D eigenvalue weighted by atomic mass is 10.2. The van der Waals surface area contributed by atoms with Crippen LogP contribution < -0.4 is 10.5 Å². The number of nitrogens with two attached hydrogens (primary N) is 1. The summed E-state index contributed by atoms with van der Waals surface area (Å²) in [6.07, 6.45) is 1.89. The Morgan fingerprint density at radius 1 is 1.39 bits per heavy atom. The van der Waals surface area contributed by atoms with Gasteiger partial charge in [0, 0.05) is 18.8 Å². The number of benzene rings is 1. The molecule has 4 heteroatoms. The number of nitrogens with zero attached hydrogens (tertiary/aromatic N) is 2. The molecule has 1 aromatic heterocycles. The minimum Gasteiger partial charge on any atom is -0.487 e. The molecule has 0 radical (unpaired) electrons. The summed E-state index contributed by atoms with van der Waals surface area (Å²) in [6.45, 7) is 0.813. The molecule has 4 nitrogen and oxygen atoms in total. The van der Waals surface area contributed by atoms with Crippen LogP contribution in [0.1, 0.15) is 11.3 Å². The molecule has 0 atom stereocenters. The van der Waals surface area contributed by atoms with Crippen LogP contribution in [0.5, 0.6) is 5.75 Å². The number of hydrogen-bond donors (Lipinski definition) is 1. The first-order chi connectivity index (χ1) is 8.78. The third kappa shape index (κ3) is 3.37. The topological polar surface area (TPSA) is 53.1 Å². The first-order valence-corrected chi connectivity index (χ1v) is 5.68. The lowest BCUT2D eigenvalue weighted by molar-refractivity contribution is 0.300. The molecule has 0 amide bonds. The van der Waals surface area contributed by atoms with Crippen LogP contribution in [0.25, 0.3) is 0 Å². The van der Waals surface area contributed by atoms with Crippen LogP contribution in [0.3, 0.4) is 0 Å². The van der Waals surface area contributed by atoms with E-state index in [0.717, 1.165) is 17.0 Å². The molecule has 2 rings (SSSR count). The first-order valence-electron chi connectivity index (χ1n) is 5.68. The molecule has 0 saturated heterocycles. The molecule has 0 saturated carbocycles. The molecule has 18 heavy (non-hydrogen) atoms. The average Bonchev–Trinajstić information content (AvgIpc) is 2.80. The number of aryl methyl sites for hydroxylation is 1. The molecule has 1 aromatic carbocycles. The van der Waals surface area contributed by atoms with Gasteiger partial charge < -0.3 is 10.5 Å². The van der Waals surface area contributed by atoms with E-state index >= 15 is 0 Å². The van der Waals surface area contributed by atoms with E-state index in [4.69, 9.17) is 10.5 Å². The van der Waals surface area contributed by atoms with Crippen molar-refractivity contribution in [1.82, 2.24) is 9.78 Å². The van der Waals surface area contributed by atoms with Gasteiger partial charge in [-0.05, 0) is 24.3 Å².